The molecule has 0 aromatic rings. The fourth-order valence-corrected chi connectivity index (χ4v) is 1.37. The number of ether oxygens (including phenoxy) is 1. The first-order valence-corrected chi connectivity index (χ1v) is 3.36. The van der Waals surface area contributed by atoms with Gasteiger partial charge in [-0.25, -0.2) is 0 Å². The molecule has 0 N–H and O–H groups in total. The van der Waals surface area contributed by atoms with Crippen LogP contribution in [0, 0.1) is 0 Å². The molecule has 0 saturated carbocycles. The van der Waals surface area contributed by atoms with Crippen molar-refractivity contribution in [1.29, 1.82) is 0 Å². The summed E-state index contributed by atoms with van der Waals surface area (Å²) in [5.74, 6) is 0. The summed E-state index contributed by atoms with van der Waals surface area (Å²) in [4.78, 5) is 0. The van der Waals surface area contributed by atoms with E-state index in [-0.39, 0.29) is 0 Å². The summed E-state index contributed by atoms with van der Waals surface area (Å²) in [6, 6.07) is 0. The summed E-state index contributed by atoms with van der Waals surface area (Å²) in [6.07, 6.45) is 6.84. The number of rotatable bonds is 0. The maximum atomic E-state index is 5.19. The first kappa shape index (κ1) is 4.77. The molecule has 2 rings (SSSR count). The number of fused-ring (bicyclic) bond motifs is 1. The summed E-state index contributed by atoms with van der Waals surface area (Å²) >= 11 is 3.38. The van der Waals surface area contributed by atoms with Crippen LogP contribution in [0.3, 0.4) is 0 Å². The molecule has 1 saturated heterocycles. The molecule has 2 atom stereocenters. The zero-order valence-electron chi connectivity index (χ0n) is 4.17. The lowest BCUT2D eigenvalue weighted by atomic mass is 10.2. The SMILES string of the molecule is BrC1=CC=C[C@@H]2O[C@H]12. The minimum absolute atomic E-state index is 0.361. The van der Waals surface area contributed by atoms with E-state index in [1.165, 1.54) is 4.48 Å². The van der Waals surface area contributed by atoms with Crippen LogP contribution in [-0.4, -0.2) is 12.2 Å². The molecular formula is C6H5BrO. The van der Waals surface area contributed by atoms with Crippen LogP contribution in [0.1, 0.15) is 0 Å². The number of hydrogen-bond acceptors (Lipinski definition) is 1. The van der Waals surface area contributed by atoms with Gasteiger partial charge in [0.05, 0.1) is 0 Å². The molecule has 42 valence electrons. The van der Waals surface area contributed by atoms with E-state index in [2.05, 4.69) is 22.0 Å². The normalized spacial score (nSPS) is 40.9. The van der Waals surface area contributed by atoms with Gasteiger partial charge in [0.2, 0.25) is 0 Å². The van der Waals surface area contributed by atoms with E-state index in [1.54, 1.807) is 0 Å². The molecule has 1 aliphatic carbocycles. The van der Waals surface area contributed by atoms with Gasteiger partial charge in [-0.3, -0.25) is 0 Å². The zero-order valence-corrected chi connectivity index (χ0v) is 5.76. The second kappa shape index (κ2) is 1.45. The van der Waals surface area contributed by atoms with Crippen LogP contribution in [0.25, 0.3) is 0 Å². The Kier molecular flexibility index (Phi) is 0.866. The average molecular weight is 173 g/mol. The van der Waals surface area contributed by atoms with Crippen LogP contribution in [0.2, 0.25) is 0 Å². The van der Waals surface area contributed by atoms with Gasteiger partial charge in [0.1, 0.15) is 12.2 Å². The van der Waals surface area contributed by atoms with Crippen LogP contribution in [0.5, 0.6) is 0 Å². The minimum atomic E-state index is 0.361. The molecular weight excluding hydrogens is 168 g/mol. The van der Waals surface area contributed by atoms with Crippen LogP contribution in [-0.2, 0) is 4.74 Å². The number of halogens is 1. The largest absolute Gasteiger partial charge is 0.359 e. The predicted octanol–water partition coefficient (Wildman–Crippen LogP) is 1.60. The van der Waals surface area contributed by atoms with Gasteiger partial charge >= 0.3 is 0 Å². The standard InChI is InChI=1S/C6H5BrO/c7-4-2-1-3-5-6(4)8-5/h1-3,5-6H/t5-,6+/m0/s1. The van der Waals surface area contributed by atoms with Crippen LogP contribution < -0.4 is 0 Å². The first-order chi connectivity index (χ1) is 3.88. The predicted molar refractivity (Wildman–Crippen MR) is 34.8 cm³/mol. The van der Waals surface area contributed by atoms with Crippen molar-refractivity contribution in [3.05, 3.63) is 22.7 Å². The molecule has 8 heavy (non-hydrogen) atoms. The second-order valence-corrected chi connectivity index (χ2v) is 2.87. The second-order valence-electron chi connectivity index (χ2n) is 1.96. The number of hydrogen-bond donors (Lipinski definition) is 0. The summed E-state index contributed by atoms with van der Waals surface area (Å²) in [7, 11) is 0. The molecule has 2 aliphatic rings. The first-order valence-electron chi connectivity index (χ1n) is 2.57. The van der Waals surface area contributed by atoms with E-state index in [0.29, 0.717) is 12.2 Å². The molecule has 0 bridgehead atoms. The van der Waals surface area contributed by atoms with Gasteiger partial charge in [-0.2, -0.15) is 0 Å². The van der Waals surface area contributed by atoms with Crippen LogP contribution >= 0.6 is 15.9 Å². The lowest BCUT2D eigenvalue weighted by molar-refractivity contribution is 0.413. The fourth-order valence-electron chi connectivity index (χ4n) is 0.844. The van der Waals surface area contributed by atoms with Gasteiger partial charge in [0, 0.05) is 4.48 Å². The van der Waals surface area contributed by atoms with Crippen molar-refractivity contribution < 1.29 is 4.74 Å². The Labute approximate surface area is 56.2 Å². The monoisotopic (exact) mass is 172 g/mol. The molecule has 0 aromatic heterocycles. The molecule has 0 spiro atoms. The topological polar surface area (TPSA) is 12.5 Å². The third-order valence-corrected chi connectivity index (χ3v) is 2.07. The van der Waals surface area contributed by atoms with Crippen LogP contribution in [0.4, 0.5) is 0 Å². The summed E-state index contributed by atoms with van der Waals surface area (Å²) < 4.78 is 6.36. The highest BCUT2D eigenvalue weighted by atomic mass is 79.9. The number of epoxide rings is 1. The van der Waals surface area contributed by atoms with Gasteiger partial charge in [0.15, 0.2) is 0 Å². The molecule has 1 fully saturated rings. The lowest BCUT2D eigenvalue weighted by Gasteiger charge is -1.91. The molecule has 2 heteroatoms. The number of allylic oxidation sites excluding steroid dienone is 2. The Balaban J connectivity index is 2.30. The summed E-state index contributed by atoms with van der Waals surface area (Å²) in [6.45, 7) is 0. The Morgan fingerprint density at radius 3 is 3.12 bits per heavy atom. The maximum absolute atomic E-state index is 5.19. The van der Waals surface area contributed by atoms with Crippen molar-refractivity contribution in [2.75, 3.05) is 0 Å². The Morgan fingerprint density at radius 1 is 1.62 bits per heavy atom. The van der Waals surface area contributed by atoms with E-state index in [0.717, 1.165) is 0 Å². The molecule has 1 aliphatic heterocycles. The molecule has 1 nitrogen and oxygen atoms in total. The van der Waals surface area contributed by atoms with Crippen molar-refractivity contribution in [3.8, 4) is 0 Å². The molecule has 0 unspecified atom stereocenters. The minimum Gasteiger partial charge on any atom is -0.359 e. The highest BCUT2D eigenvalue weighted by Crippen LogP contribution is 2.36. The summed E-state index contributed by atoms with van der Waals surface area (Å²) in [5.41, 5.74) is 0. The molecule has 0 amide bonds. The average Bonchev–Trinajstić information content (AvgIpc) is 2.45. The van der Waals surface area contributed by atoms with Gasteiger partial charge < -0.3 is 4.74 Å². The zero-order chi connectivity index (χ0) is 5.56. The van der Waals surface area contributed by atoms with E-state index in [4.69, 9.17) is 4.74 Å². The van der Waals surface area contributed by atoms with Crippen molar-refractivity contribution in [3.63, 3.8) is 0 Å². The Hall–Kier alpha value is -0.0800. The van der Waals surface area contributed by atoms with Gasteiger partial charge in [-0.05, 0) is 6.08 Å². The van der Waals surface area contributed by atoms with E-state index in [1.807, 2.05) is 12.2 Å². The molecule has 0 aromatic carbocycles. The third kappa shape index (κ3) is 0.565. The van der Waals surface area contributed by atoms with E-state index < -0.39 is 0 Å². The third-order valence-electron chi connectivity index (χ3n) is 1.35. The fraction of sp³-hybridized carbons (Fsp3) is 0.333. The summed E-state index contributed by atoms with van der Waals surface area (Å²) in [5, 5.41) is 0. The van der Waals surface area contributed by atoms with Crippen molar-refractivity contribution in [1.82, 2.24) is 0 Å². The Bertz CT molecular complexity index is 171. The highest BCUT2D eigenvalue weighted by molar-refractivity contribution is 9.11. The Morgan fingerprint density at radius 2 is 2.50 bits per heavy atom. The highest BCUT2D eigenvalue weighted by Gasteiger charge is 2.39. The smallest absolute Gasteiger partial charge is 0.120 e. The quantitative estimate of drug-likeness (QED) is 0.507. The molecule has 1 heterocycles. The van der Waals surface area contributed by atoms with Gasteiger partial charge in [-0.1, -0.05) is 28.1 Å². The van der Waals surface area contributed by atoms with Crippen molar-refractivity contribution in [2.45, 2.75) is 12.2 Å². The molecule has 0 radical (unpaired) electrons. The maximum Gasteiger partial charge on any atom is 0.120 e. The van der Waals surface area contributed by atoms with Gasteiger partial charge in [0.25, 0.3) is 0 Å². The van der Waals surface area contributed by atoms with Gasteiger partial charge in [-0.15, -0.1) is 0 Å². The van der Waals surface area contributed by atoms with Crippen molar-refractivity contribution in [2.24, 2.45) is 0 Å². The lowest BCUT2D eigenvalue weighted by Crippen LogP contribution is -1.92. The van der Waals surface area contributed by atoms with Crippen LogP contribution in [0.15, 0.2) is 22.7 Å². The van der Waals surface area contributed by atoms with Crippen molar-refractivity contribution >= 4 is 15.9 Å². The van der Waals surface area contributed by atoms with E-state index in [9.17, 15) is 0 Å². The van der Waals surface area contributed by atoms with E-state index >= 15 is 0 Å².